The standard InChI is InChI=1S/C18H17NO5/c1-23-18(22)16-17(24-15-10-14(21)19(15)16)13(11-20)9-5-8-12-6-3-2-4-7-12/h2-8,11,15-16H,9-10H2,1H3/b8-5+,17-13+/t15-,16?/m1/s1. The number of methoxy groups -OCH3 is 1. The normalized spacial score (nSPS) is 24.2. The monoisotopic (exact) mass is 327 g/mol. The lowest BCUT2D eigenvalue weighted by atomic mass is 10.0. The molecule has 3 rings (SSSR count). The number of rotatable bonds is 5. The van der Waals surface area contributed by atoms with Crippen LogP contribution in [0.3, 0.4) is 0 Å². The lowest BCUT2D eigenvalue weighted by Gasteiger charge is -2.33. The molecule has 2 fully saturated rings. The first kappa shape index (κ1) is 16.0. The zero-order valence-electron chi connectivity index (χ0n) is 13.2. The Balaban J connectivity index is 1.83. The predicted octanol–water partition coefficient (Wildman–Crippen LogP) is 1.67. The molecule has 0 bridgehead atoms. The Kier molecular flexibility index (Phi) is 4.46. The lowest BCUT2D eigenvalue weighted by Crippen LogP contribution is -2.55. The summed E-state index contributed by atoms with van der Waals surface area (Å²) in [7, 11) is 1.24. The van der Waals surface area contributed by atoms with E-state index in [9.17, 15) is 14.4 Å². The van der Waals surface area contributed by atoms with Gasteiger partial charge < -0.3 is 9.47 Å². The fraction of sp³-hybridized carbons (Fsp3) is 0.278. The number of nitrogens with zero attached hydrogens (tertiary/aromatic N) is 1. The summed E-state index contributed by atoms with van der Waals surface area (Å²) in [5, 5.41) is 0. The lowest BCUT2D eigenvalue weighted by molar-refractivity contribution is -0.164. The summed E-state index contributed by atoms with van der Waals surface area (Å²) in [4.78, 5) is 36.5. The van der Waals surface area contributed by atoms with Crippen LogP contribution in [0, 0.1) is 0 Å². The van der Waals surface area contributed by atoms with E-state index in [0.29, 0.717) is 18.3 Å². The Morgan fingerprint density at radius 2 is 2.12 bits per heavy atom. The largest absolute Gasteiger partial charge is 0.471 e. The summed E-state index contributed by atoms with van der Waals surface area (Å²) in [6, 6.07) is 8.68. The third-order valence-corrected chi connectivity index (χ3v) is 4.07. The summed E-state index contributed by atoms with van der Waals surface area (Å²) in [6.07, 6.45) is 4.40. The Morgan fingerprint density at radius 1 is 1.38 bits per heavy atom. The van der Waals surface area contributed by atoms with Gasteiger partial charge in [-0.2, -0.15) is 0 Å². The number of hydrogen-bond donors (Lipinski definition) is 0. The van der Waals surface area contributed by atoms with Crippen LogP contribution in [-0.4, -0.2) is 42.4 Å². The number of ether oxygens (including phenoxy) is 2. The highest BCUT2D eigenvalue weighted by molar-refractivity contribution is 5.93. The molecule has 0 saturated carbocycles. The van der Waals surface area contributed by atoms with Crippen LogP contribution in [0.1, 0.15) is 18.4 Å². The summed E-state index contributed by atoms with van der Waals surface area (Å²) in [6.45, 7) is 0. The molecule has 124 valence electrons. The third kappa shape index (κ3) is 2.82. The van der Waals surface area contributed by atoms with E-state index in [1.165, 1.54) is 12.0 Å². The van der Waals surface area contributed by atoms with E-state index in [1.807, 2.05) is 42.5 Å². The summed E-state index contributed by atoms with van der Waals surface area (Å²) < 4.78 is 10.4. The van der Waals surface area contributed by atoms with E-state index in [-0.39, 0.29) is 18.1 Å². The molecular formula is C18H17NO5. The van der Waals surface area contributed by atoms with Gasteiger partial charge in [-0.1, -0.05) is 42.5 Å². The maximum Gasteiger partial charge on any atom is 0.336 e. The van der Waals surface area contributed by atoms with Gasteiger partial charge in [-0.25, -0.2) is 4.79 Å². The van der Waals surface area contributed by atoms with Crippen molar-refractivity contribution in [1.82, 2.24) is 4.90 Å². The number of carbonyl (C=O) groups excluding carboxylic acids is 3. The molecule has 0 radical (unpaired) electrons. The number of allylic oxidation sites excluding steroid dienone is 2. The van der Waals surface area contributed by atoms with Gasteiger partial charge in [0.05, 0.1) is 13.5 Å². The highest BCUT2D eigenvalue weighted by Gasteiger charge is 2.54. The smallest absolute Gasteiger partial charge is 0.336 e. The van der Waals surface area contributed by atoms with Crippen molar-refractivity contribution in [3.05, 3.63) is 53.3 Å². The number of hydrogen-bond acceptors (Lipinski definition) is 5. The van der Waals surface area contributed by atoms with Crippen molar-refractivity contribution in [2.24, 2.45) is 0 Å². The molecule has 0 N–H and O–H groups in total. The van der Waals surface area contributed by atoms with Crippen molar-refractivity contribution in [1.29, 1.82) is 0 Å². The van der Waals surface area contributed by atoms with Crippen LogP contribution in [0.2, 0.25) is 0 Å². The molecule has 0 aliphatic carbocycles. The molecule has 2 heterocycles. The number of aldehydes is 1. The predicted molar refractivity (Wildman–Crippen MR) is 85.3 cm³/mol. The molecule has 2 aliphatic rings. The second kappa shape index (κ2) is 6.70. The van der Waals surface area contributed by atoms with E-state index in [0.717, 1.165) is 5.56 Å². The molecule has 2 atom stereocenters. The van der Waals surface area contributed by atoms with E-state index < -0.39 is 18.2 Å². The minimum absolute atomic E-state index is 0.185. The van der Waals surface area contributed by atoms with Gasteiger partial charge in [0.2, 0.25) is 5.91 Å². The van der Waals surface area contributed by atoms with Gasteiger partial charge in [0.1, 0.15) is 12.0 Å². The van der Waals surface area contributed by atoms with E-state index in [2.05, 4.69) is 0 Å². The first-order valence-corrected chi connectivity index (χ1v) is 7.61. The topological polar surface area (TPSA) is 72.9 Å². The fourth-order valence-electron chi connectivity index (χ4n) is 2.82. The Labute approximate surface area is 139 Å². The maximum atomic E-state index is 12.0. The van der Waals surface area contributed by atoms with Gasteiger partial charge in [0.25, 0.3) is 0 Å². The number of carbonyl (C=O) groups is 3. The van der Waals surface area contributed by atoms with Crippen LogP contribution in [0.5, 0.6) is 0 Å². The van der Waals surface area contributed by atoms with Gasteiger partial charge in [-0.05, 0) is 12.0 Å². The average Bonchev–Trinajstić information content (AvgIpc) is 2.91. The number of fused-ring (bicyclic) bond motifs is 1. The minimum Gasteiger partial charge on any atom is -0.471 e. The summed E-state index contributed by atoms with van der Waals surface area (Å²) >= 11 is 0. The van der Waals surface area contributed by atoms with Crippen LogP contribution < -0.4 is 0 Å². The van der Waals surface area contributed by atoms with Crippen LogP contribution in [-0.2, 0) is 23.9 Å². The van der Waals surface area contributed by atoms with Gasteiger partial charge >= 0.3 is 5.97 Å². The van der Waals surface area contributed by atoms with E-state index in [4.69, 9.17) is 9.47 Å². The number of amides is 1. The SMILES string of the molecule is COC(=O)C1/C(=C(\C=O)C/C=C/c2ccccc2)O[C@@H]2CC(=O)N12. The fourth-order valence-corrected chi connectivity index (χ4v) is 2.82. The third-order valence-electron chi connectivity index (χ3n) is 4.07. The first-order valence-electron chi connectivity index (χ1n) is 7.61. The average molecular weight is 327 g/mol. The number of benzene rings is 1. The van der Waals surface area contributed by atoms with Crippen molar-refractivity contribution in [2.45, 2.75) is 25.1 Å². The van der Waals surface area contributed by atoms with Crippen molar-refractivity contribution < 1.29 is 23.9 Å². The number of β-lactam (4-membered cyclic amide) rings is 1. The van der Waals surface area contributed by atoms with Gasteiger partial charge in [0, 0.05) is 5.57 Å². The minimum atomic E-state index is -0.966. The molecule has 1 unspecified atom stereocenters. The molecule has 1 aromatic carbocycles. The first-order chi connectivity index (χ1) is 11.7. The zero-order chi connectivity index (χ0) is 17.1. The Morgan fingerprint density at radius 3 is 2.75 bits per heavy atom. The molecule has 1 amide bonds. The van der Waals surface area contributed by atoms with Crippen molar-refractivity contribution in [3.63, 3.8) is 0 Å². The Hall–Kier alpha value is -2.89. The van der Waals surface area contributed by atoms with Crippen LogP contribution in [0.4, 0.5) is 0 Å². The van der Waals surface area contributed by atoms with Crippen LogP contribution in [0.25, 0.3) is 6.08 Å². The van der Waals surface area contributed by atoms with Gasteiger partial charge in [0.15, 0.2) is 12.3 Å². The maximum absolute atomic E-state index is 12.0. The van der Waals surface area contributed by atoms with E-state index >= 15 is 0 Å². The van der Waals surface area contributed by atoms with Gasteiger partial charge in [-0.15, -0.1) is 0 Å². The zero-order valence-corrected chi connectivity index (χ0v) is 13.2. The van der Waals surface area contributed by atoms with Crippen LogP contribution in [0.15, 0.2) is 47.7 Å². The molecule has 6 nitrogen and oxygen atoms in total. The molecule has 2 saturated heterocycles. The van der Waals surface area contributed by atoms with Crippen molar-refractivity contribution in [2.75, 3.05) is 7.11 Å². The van der Waals surface area contributed by atoms with Crippen LogP contribution >= 0.6 is 0 Å². The molecule has 2 aliphatic heterocycles. The molecular weight excluding hydrogens is 310 g/mol. The molecule has 0 spiro atoms. The summed E-state index contributed by atoms with van der Waals surface area (Å²) in [5.41, 5.74) is 1.34. The van der Waals surface area contributed by atoms with Crippen molar-refractivity contribution in [3.8, 4) is 0 Å². The highest BCUT2D eigenvalue weighted by atomic mass is 16.6. The highest BCUT2D eigenvalue weighted by Crippen LogP contribution is 2.38. The molecule has 0 aromatic heterocycles. The molecule has 6 heteroatoms. The van der Waals surface area contributed by atoms with Gasteiger partial charge in [-0.3, -0.25) is 14.5 Å². The quantitative estimate of drug-likeness (QED) is 0.356. The molecule has 24 heavy (non-hydrogen) atoms. The molecule has 1 aromatic rings. The Bertz CT molecular complexity index is 722. The second-order valence-electron chi connectivity index (χ2n) is 5.53. The number of esters is 1. The van der Waals surface area contributed by atoms with Crippen molar-refractivity contribution >= 4 is 24.2 Å². The summed E-state index contributed by atoms with van der Waals surface area (Å²) in [5.74, 6) is -0.576. The van der Waals surface area contributed by atoms with E-state index in [1.54, 1.807) is 0 Å². The second-order valence-corrected chi connectivity index (χ2v) is 5.53.